The van der Waals surface area contributed by atoms with Crippen LogP contribution in [0.3, 0.4) is 0 Å². The Morgan fingerprint density at radius 3 is 2.18 bits per heavy atom. The fourth-order valence-electron chi connectivity index (χ4n) is 3.43. The summed E-state index contributed by atoms with van der Waals surface area (Å²) in [5, 5.41) is 16.6. The second-order valence-corrected chi connectivity index (χ2v) is 9.45. The van der Waals surface area contributed by atoms with Gasteiger partial charge in [-0.25, -0.2) is 23.0 Å². The summed E-state index contributed by atoms with van der Waals surface area (Å²) >= 11 is 0. The van der Waals surface area contributed by atoms with E-state index in [1.807, 2.05) is 23.1 Å². The molecule has 1 aromatic heterocycles. The van der Waals surface area contributed by atoms with Gasteiger partial charge in [-0.1, -0.05) is 30.3 Å². The number of aliphatic carboxylic acids is 1. The monoisotopic (exact) mass is 503 g/mol. The number of rotatable bonds is 6. The number of hydrogen-bond acceptors (Lipinski definition) is 6. The van der Waals surface area contributed by atoms with E-state index in [1.165, 1.54) is 17.8 Å². The van der Waals surface area contributed by atoms with Crippen molar-refractivity contribution in [1.82, 2.24) is 4.98 Å². The first-order chi connectivity index (χ1) is 15.8. The molecule has 0 radical (unpaired) electrons. The first kappa shape index (κ1) is 26.9. The number of pyridine rings is 1. The zero-order valence-corrected chi connectivity index (χ0v) is 18.9. The molecule has 13 heteroatoms. The molecule has 0 bridgehead atoms. The van der Waals surface area contributed by atoms with Crippen molar-refractivity contribution in [1.29, 1.82) is 0 Å². The molecule has 1 fully saturated rings. The van der Waals surface area contributed by atoms with Crippen LogP contribution in [-0.4, -0.2) is 61.1 Å². The number of piperidine rings is 1. The van der Waals surface area contributed by atoms with E-state index in [1.54, 1.807) is 0 Å². The molecule has 1 aliphatic rings. The summed E-state index contributed by atoms with van der Waals surface area (Å²) in [5.74, 6) is -2.93. The van der Waals surface area contributed by atoms with E-state index in [9.17, 15) is 31.5 Å². The maximum Gasteiger partial charge on any atom is 0.490 e. The minimum absolute atomic E-state index is 0.00478. The highest BCUT2D eigenvalue weighted by Gasteiger charge is 2.38. The summed E-state index contributed by atoms with van der Waals surface area (Å²) in [4.78, 5) is 26.7. The van der Waals surface area contributed by atoms with Gasteiger partial charge in [0.25, 0.3) is 0 Å². The average Bonchev–Trinajstić information content (AvgIpc) is 2.74. The summed E-state index contributed by atoms with van der Waals surface area (Å²) in [6.07, 6.45) is 0.223. The molecule has 0 amide bonds. The van der Waals surface area contributed by atoms with Gasteiger partial charge in [0.15, 0.2) is 0 Å². The zero-order chi connectivity index (χ0) is 25.5. The Labute approximate surface area is 194 Å². The van der Waals surface area contributed by atoms with E-state index in [2.05, 4.69) is 21.8 Å². The van der Waals surface area contributed by atoms with Gasteiger partial charge in [0.1, 0.15) is 11.4 Å². The van der Waals surface area contributed by atoms with Crippen LogP contribution in [0, 0.1) is 5.92 Å². The smallest absolute Gasteiger partial charge is 0.478 e. The van der Waals surface area contributed by atoms with Gasteiger partial charge in [-0.2, -0.15) is 13.2 Å². The second-order valence-electron chi connectivity index (χ2n) is 7.70. The van der Waals surface area contributed by atoms with Gasteiger partial charge in [0, 0.05) is 13.1 Å². The van der Waals surface area contributed by atoms with Gasteiger partial charge < -0.3 is 15.1 Å². The molecule has 0 aliphatic carbocycles. The largest absolute Gasteiger partial charge is 0.490 e. The molecular formula is C21H24F3N3O6S. The molecule has 2 aromatic rings. The third-order valence-electron chi connectivity index (χ3n) is 4.92. The van der Waals surface area contributed by atoms with E-state index in [4.69, 9.17) is 9.90 Å². The van der Waals surface area contributed by atoms with Crippen molar-refractivity contribution in [3.8, 4) is 0 Å². The Morgan fingerprint density at radius 1 is 1.15 bits per heavy atom. The van der Waals surface area contributed by atoms with Gasteiger partial charge >= 0.3 is 18.1 Å². The van der Waals surface area contributed by atoms with Crippen LogP contribution in [0.25, 0.3) is 0 Å². The summed E-state index contributed by atoms with van der Waals surface area (Å²) < 4.78 is 56.7. The van der Waals surface area contributed by atoms with Crippen LogP contribution < -0.4 is 9.62 Å². The molecule has 0 atom stereocenters. The van der Waals surface area contributed by atoms with E-state index in [0.29, 0.717) is 11.7 Å². The highest BCUT2D eigenvalue weighted by Crippen LogP contribution is 2.28. The molecule has 2 heterocycles. The number of carbonyl (C=O) groups is 2. The van der Waals surface area contributed by atoms with Gasteiger partial charge in [-0.3, -0.25) is 4.72 Å². The van der Waals surface area contributed by atoms with Crippen LogP contribution in [0.5, 0.6) is 0 Å². The number of anilines is 2. The minimum Gasteiger partial charge on any atom is -0.478 e. The number of aromatic carboxylic acids is 1. The summed E-state index contributed by atoms with van der Waals surface area (Å²) in [6.45, 7) is 1.45. The molecule has 3 N–H and O–H groups in total. The van der Waals surface area contributed by atoms with Crippen LogP contribution in [0.1, 0.15) is 28.8 Å². The lowest BCUT2D eigenvalue weighted by atomic mass is 9.90. The maximum atomic E-state index is 11.6. The number of hydrogen-bond donors (Lipinski definition) is 3. The van der Waals surface area contributed by atoms with Crippen molar-refractivity contribution < 1.29 is 41.4 Å². The van der Waals surface area contributed by atoms with Crippen LogP contribution in [0.15, 0.2) is 42.6 Å². The SMILES string of the molecule is CS(=O)(=O)Nc1cnc(N2CCC(Cc3ccccc3)CC2)c(C(=O)O)c1.O=C(O)C(F)(F)F. The third-order valence-corrected chi connectivity index (χ3v) is 5.53. The number of alkyl halides is 3. The normalized spacial score (nSPS) is 14.6. The standard InChI is InChI=1S/C19H23N3O4S.C2HF3O2/c1-27(25,26)21-16-12-17(19(23)24)18(20-13-16)22-9-7-15(8-10-22)11-14-5-3-2-4-6-14;3-2(4,5)1(6)7/h2-6,12-13,15,21H,7-11H2,1H3,(H,23,24);(H,6,7). The number of carboxylic acid groups (broad SMARTS) is 2. The highest BCUT2D eigenvalue weighted by atomic mass is 32.2. The minimum atomic E-state index is -5.08. The number of sulfonamides is 1. The van der Waals surface area contributed by atoms with Crippen LogP contribution >= 0.6 is 0 Å². The third kappa shape index (κ3) is 8.54. The number of halogens is 3. The molecule has 0 unspecified atom stereocenters. The predicted octanol–water partition coefficient (Wildman–Crippen LogP) is 3.24. The molecule has 0 saturated carbocycles. The van der Waals surface area contributed by atoms with Crippen molar-refractivity contribution in [2.24, 2.45) is 5.92 Å². The molecule has 3 rings (SSSR count). The highest BCUT2D eigenvalue weighted by molar-refractivity contribution is 7.92. The zero-order valence-electron chi connectivity index (χ0n) is 18.1. The Kier molecular flexibility index (Phi) is 8.85. The summed E-state index contributed by atoms with van der Waals surface area (Å²) in [5.41, 5.74) is 1.47. The van der Waals surface area contributed by atoms with E-state index < -0.39 is 28.1 Å². The van der Waals surface area contributed by atoms with E-state index >= 15 is 0 Å². The van der Waals surface area contributed by atoms with Gasteiger partial charge in [-0.15, -0.1) is 0 Å². The number of nitrogens with zero attached hydrogens (tertiary/aromatic N) is 2. The Balaban J connectivity index is 0.000000509. The van der Waals surface area contributed by atoms with Crippen molar-refractivity contribution in [2.75, 3.05) is 29.0 Å². The quantitative estimate of drug-likeness (QED) is 0.547. The Hall–Kier alpha value is -3.35. The molecule has 1 saturated heterocycles. The number of nitrogens with one attached hydrogen (secondary N) is 1. The first-order valence-electron chi connectivity index (χ1n) is 10.1. The van der Waals surface area contributed by atoms with Gasteiger partial charge in [-0.05, 0) is 36.8 Å². The predicted molar refractivity (Wildman–Crippen MR) is 118 cm³/mol. The van der Waals surface area contributed by atoms with Crippen molar-refractivity contribution >= 4 is 33.5 Å². The summed E-state index contributed by atoms with van der Waals surface area (Å²) in [7, 11) is -3.49. The average molecular weight is 503 g/mol. The molecular weight excluding hydrogens is 479 g/mol. The Bertz CT molecular complexity index is 1100. The molecule has 34 heavy (non-hydrogen) atoms. The van der Waals surface area contributed by atoms with Crippen molar-refractivity contribution in [2.45, 2.75) is 25.4 Å². The summed E-state index contributed by atoms with van der Waals surface area (Å²) in [6, 6.07) is 11.7. The fraction of sp³-hybridized carbons (Fsp3) is 0.381. The maximum absolute atomic E-state index is 11.6. The Morgan fingerprint density at radius 2 is 1.71 bits per heavy atom. The van der Waals surface area contributed by atoms with E-state index in [-0.39, 0.29) is 11.3 Å². The molecule has 186 valence electrons. The van der Waals surface area contributed by atoms with Crippen LogP contribution in [0.2, 0.25) is 0 Å². The fourth-order valence-corrected chi connectivity index (χ4v) is 3.97. The molecule has 1 aromatic carbocycles. The first-order valence-corrected chi connectivity index (χ1v) is 12.0. The van der Waals surface area contributed by atoms with E-state index in [0.717, 1.165) is 38.6 Å². The number of benzene rings is 1. The number of carboxylic acids is 2. The van der Waals surface area contributed by atoms with Crippen LogP contribution in [-0.2, 0) is 21.2 Å². The topological polar surface area (TPSA) is 137 Å². The number of aromatic nitrogens is 1. The molecule has 9 nitrogen and oxygen atoms in total. The van der Waals surface area contributed by atoms with Gasteiger partial charge in [0.2, 0.25) is 10.0 Å². The van der Waals surface area contributed by atoms with Crippen molar-refractivity contribution in [3.63, 3.8) is 0 Å². The van der Waals surface area contributed by atoms with Crippen LogP contribution in [0.4, 0.5) is 24.7 Å². The van der Waals surface area contributed by atoms with Crippen molar-refractivity contribution in [3.05, 3.63) is 53.7 Å². The van der Waals surface area contributed by atoms with Gasteiger partial charge in [0.05, 0.1) is 18.1 Å². The lowest BCUT2D eigenvalue weighted by Crippen LogP contribution is -2.36. The molecule has 1 aliphatic heterocycles. The molecule has 0 spiro atoms. The second kappa shape index (κ2) is 11.2. The lowest BCUT2D eigenvalue weighted by molar-refractivity contribution is -0.192. The lowest BCUT2D eigenvalue weighted by Gasteiger charge is -2.33.